The van der Waals surface area contributed by atoms with E-state index in [9.17, 15) is 9.59 Å². The number of methoxy groups -OCH3 is 1. The van der Waals surface area contributed by atoms with Gasteiger partial charge in [0, 0.05) is 33.0 Å². The number of carbonyl (C=O) groups excluding carboxylic acids is 2. The number of amides is 1. The molecule has 0 saturated carbocycles. The van der Waals surface area contributed by atoms with Crippen LogP contribution >= 0.6 is 0 Å². The molecule has 0 aromatic carbocycles. The van der Waals surface area contributed by atoms with E-state index in [1.54, 1.807) is 25.9 Å². The minimum Gasteiger partial charge on any atom is -0.382 e. The van der Waals surface area contributed by atoms with Gasteiger partial charge < -0.3 is 33.3 Å². The van der Waals surface area contributed by atoms with Crippen LogP contribution in [-0.2, 0) is 38.0 Å². The van der Waals surface area contributed by atoms with Crippen molar-refractivity contribution >= 4 is 11.7 Å². The van der Waals surface area contributed by atoms with Crippen molar-refractivity contribution in [2.24, 2.45) is 5.92 Å². The number of ether oxygens (including phenoxy) is 6. The number of nitrogens with zero attached hydrogens (tertiary/aromatic N) is 1. The Morgan fingerprint density at radius 2 is 1.12 bits per heavy atom. The van der Waals surface area contributed by atoms with Crippen LogP contribution in [-0.4, -0.2) is 109 Å². The molecule has 0 N–H and O–H groups in total. The van der Waals surface area contributed by atoms with Crippen molar-refractivity contribution in [3.63, 3.8) is 0 Å². The molecule has 0 spiro atoms. The number of carbonyl (C=O) groups is 2. The molecule has 9 nitrogen and oxygen atoms in total. The van der Waals surface area contributed by atoms with Gasteiger partial charge in [0.05, 0.1) is 72.7 Å². The van der Waals surface area contributed by atoms with E-state index in [1.807, 2.05) is 6.92 Å². The molecule has 0 aromatic heterocycles. The lowest BCUT2D eigenvalue weighted by Crippen LogP contribution is -2.33. The summed E-state index contributed by atoms with van der Waals surface area (Å²) in [6.45, 7) is 12.3. The molecule has 0 rings (SSSR count). The Morgan fingerprint density at radius 3 is 1.52 bits per heavy atom. The largest absolute Gasteiger partial charge is 0.382 e. The molecule has 0 aliphatic heterocycles. The average molecular weight is 478 g/mol. The van der Waals surface area contributed by atoms with E-state index >= 15 is 0 Å². The van der Waals surface area contributed by atoms with Crippen LogP contribution in [0.1, 0.15) is 46.5 Å². The molecule has 0 bridgehead atoms. The molecule has 0 unspecified atom stereocenters. The van der Waals surface area contributed by atoms with Gasteiger partial charge in [-0.05, 0) is 26.2 Å². The van der Waals surface area contributed by atoms with Gasteiger partial charge in [-0.3, -0.25) is 9.59 Å². The Bertz CT molecular complexity index is 464. The lowest BCUT2D eigenvalue weighted by atomic mass is 9.95. The summed E-state index contributed by atoms with van der Waals surface area (Å²) in [6.07, 6.45) is 3.63. The molecule has 9 heteroatoms. The first-order chi connectivity index (χ1) is 16.0. The van der Waals surface area contributed by atoms with Crippen molar-refractivity contribution in [1.82, 2.24) is 4.90 Å². The Morgan fingerprint density at radius 1 is 0.667 bits per heavy atom. The van der Waals surface area contributed by atoms with Gasteiger partial charge in [0.15, 0.2) is 0 Å². The van der Waals surface area contributed by atoms with Gasteiger partial charge in [-0.1, -0.05) is 13.3 Å². The quantitative estimate of drug-likeness (QED) is 0.185. The Kier molecular flexibility index (Phi) is 23.2. The molecular weight excluding hydrogens is 430 g/mol. The van der Waals surface area contributed by atoms with Crippen molar-refractivity contribution in [2.45, 2.75) is 46.5 Å². The van der Waals surface area contributed by atoms with E-state index in [2.05, 4.69) is 0 Å². The zero-order chi connectivity index (χ0) is 24.6. The molecule has 1 amide bonds. The van der Waals surface area contributed by atoms with Crippen LogP contribution in [0.15, 0.2) is 0 Å². The van der Waals surface area contributed by atoms with Crippen LogP contribution < -0.4 is 0 Å². The minimum absolute atomic E-state index is 0.0493. The maximum atomic E-state index is 11.8. The summed E-state index contributed by atoms with van der Waals surface area (Å²) >= 11 is 0. The predicted octanol–water partition coefficient (Wildman–Crippen LogP) is 2.35. The molecule has 1 atom stereocenters. The first kappa shape index (κ1) is 31.9. The highest BCUT2D eigenvalue weighted by Crippen LogP contribution is 2.13. The topological polar surface area (TPSA) is 92.8 Å². The summed E-state index contributed by atoms with van der Waals surface area (Å²) in [5.41, 5.74) is 0. The van der Waals surface area contributed by atoms with Gasteiger partial charge in [0.1, 0.15) is 5.78 Å². The predicted molar refractivity (Wildman–Crippen MR) is 127 cm³/mol. The van der Waals surface area contributed by atoms with Crippen LogP contribution in [0.4, 0.5) is 0 Å². The van der Waals surface area contributed by atoms with E-state index in [4.69, 9.17) is 28.4 Å². The molecule has 0 heterocycles. The highest BCUT2D eigenvalue weighted by atomic mass is 16.6. The summed E-state index contributed by atoms with van der Waals surface area (Å²) in [7, 11) is 1.64. The molecule has 0 saturated heterocycles. The van der Waals surface area contributed by atoms with Gasteiger partial charge in [0.25, 0.3) is 0 Å². The number of ketones is 1. The molecule has 0 aliphatic carbocycles. The first-order valence-corrected chi connectivity index (χ1v) is 12.2. The molecule has 0 fully saturated rings. The maximum absolute atomic E-state index is 11.8. The smallest absolute Gasteiger partial charge is 0.219 e. The van der Waals surface area contributed by atoms with Gasteiger partial charge >= 0.3 is 0 Å². The first-order valence-electron chi connectivity index (χ1n) is 12.2. The highest BCUT2D eigenvalue weighted by Gasteiger charge is 2.12. The lowest BCUT2D eigenvalue weighted by Gasteiger charge is -2.21. The summed E-state index contributed by atoms with van der Waals surface area (Å²) in [5, 5.41) is 0. The van der Waals surface area contributed by atoms with Crippen molar-refractivity contribution in [3.8, 4) is 0 Å². The number of hydrogen-bond acceptors (Lipinski definition) is 8. The van der Waals surface area contributed by atoms with Crippen LogP contribution in [0, 0.1) is 5.92 Å². The number of hydrogen-bond donors (Lipinski definition) is 0. The van der Waals surface area contributed by atoms with Crippen LogP contribution in [0.5, 0.6) is 0 Å². The standard InChI is InChI=1S/C24H47NO8/c1-5-24(22(2)26)8-6-7-9-25(23(3)27)10-11-29-14-15-31-18-19-33-21-20-32-17-16-30-13-12-28-4/h24H,5-21H2,1-4H3/t24-/m0/s1. The second kappa shape index (κ2) is 24.0. The minimum atomic E-state index is 0.0493. The lowest BCUT2D eigenvalue weighted by molar-refractivity contribution is -0.130. The number of Topliss-reactive ketones (excluding diaryl/α,β-unsaturated/α-hetero) is 1. The summed E-state index contributed by atoms with van der Waals surface area (Å²) < 4.78 is 32.0. The molecular formula is C24H47NO8. The van der Waals surface area contributed by atoms with Crippen molar-refractivity contribution in [3.05, 3.63) is 0 Å². The fourth-order valence-electron chi connectivity index (χ4n) is 3.11. The van der Waals surface area contributed by atoms with Crippen molar-refractivity contribution < 1.29 is 38.0 Å². The van der Waals surface area contributed by atoms with Gasteiger partial charge in [-0.25, -0.2) is 0 Å². The molecule has 0 radical (unpaired) electrons. The molecule has 0 aliphatic rings. The van der Waals surface area contributed by atoms with E-state index < -0.39 is 0 Å². The Labute approximate surface area is 200 Å². The summed E-state index contributed by atoms with van der Waals surface area (Å²) in [6, 6.07) is 0. The highest BCUT2D eigenvalue weighted by molar-refractivity contribution is 5.78. The fourth-order valence-corrected chi connectivity index (χ4v) is 3.11. The van der Waals surface area contributed by atoms with E-state index in [0.717, 1.165) is 25.7 Å². The third kappa shape index (κ3) is 21.2. The SMILES string of the molecule is CC[C@@H](CCCCN(CCOCCOCCOCCOCCOCCOC)C(C)=O)C(C)=O. The normalized spacial score (nSPS) is 12.1. The summed E-state index contributed by atoms with van der Waals surface area (Å²) in [5.74, 6) is 0.454. The van der Waals surface area contributed by atoms with Crippen LogP contribution in [0.2, 0.25) is 0 Å². The van der Waals surface area contributed by atoms with Crippen molar-refractivity contribution in [2.75, 3.05) is 92.9 Å². The van der Waals surface area contributed by atoms with Crippen LogP contribution in [0.3, 0.4) is 0 Å². The Hall–Kier alpha value is -1.10. The van der Waals surface area contributed by atoms with E-state index in [-0.39, 0.29) is 17.6 Å². The third-order valence-electron chi connectivity index (χ3n) is 5.17. The van der Waals surface area contributed by atoms with Crippen LogP contribution in [0.25, 0.3) is 0 Å². The molecule has 196 valence electrons. The number of rotatable bonds is 25. The zero-order valence-corrected chi connectivity index (χ0v) is 21.3. The van der Waals surface area contributed by atoms with Gasteiger partial charge in [-0.15, -0.1) is 0 Å². The monoisotopic (exact) mass is 477 g/mol. The maximum Gasteiger partial charge on any atom is 0.219 e. The fraction of sp³-hybridized carbons (Fsp3) is 0.917. The van der Waals surface area contributed by atoms with Gasteiger partial charge in [-0.2, -0.15) is 0 Å². The second-order valence-electron chi connectivity index (χ2n) is 7.77. The van der Waals surface area contributed by atoms with E-state index in [0.29, 0.717) is 85.8 Å². The van der Waals surface area contributed by atoms with Gasteiger partial charge in [0.2, 0.25) is 5.91 Å². The summed E-state index contributed by atoms with van der Waals surface area (Å²) in [4.78, 5) is 25.1. The number of unbranched alkanes of at least 4 members (excludes halogenated alkanes) is 1. The average Bonchev–Trinajstić information content (AvgIpc) is 2.79. The van der Waals surface area contributed by atoms with Crippen molar-refractivity contribution in [1.29, 1.82) is 0 Å². The molecule has 33 heavy (non-hydrogen) atoms. The third-order valence-corrected chi connectivity index (χ3v) is 5.17. The molecule has 0 aromatic rings. The second-order valence-corrected chi connectivity index (χ2v) is 7.77. The zero-order valence-electron chi connectivity index (χ0n) is 21.3. The Balaban J connectivity index is 3.48. The van der Waals surface area contributed by atoms with E-state index in [1.165, 1.54) is 0 Å².